The molecule has 0 radical (unpaired) electrons. The predicted molar refractivity (Wildman–Crippen MR) is 110 cm³/mol. The second-order valence-corrected chi connectivity index (χ2v) is 6.33. The molecule has 0 amide bonds. The highest BCUT2D eigenvalue weighted by Crippen LogP contribution is 2.21. The van der Waals surface area contributed by atoms with E-state index in [4.69, 9.17) is 0 Å². The lowest BCUT2D eigenvalue weighted by Gasteiger charge is -2.07. The number of allylic oxidation sites excluding steroid dienone is 2. The molecule has 0 aliphatic heterocycles. The van der Waals surface area contributed by atoms with Crippen molar-refractivity contribution in [3.63, 3.8) is 0 Å². The Morgan fingerprint density at radius 2 is 1.61 bits per heavy atom. The smallest absolute Gasteiger partial charge is 0.0225 e. The van der Waals surface area contributed by atoms with Gasteiger partial charge in [-0.2, -0.15) is 0 Å². The van der Waals surface area contributed by atoms with Gasteiger partial charge in [0.05, 0.1) is 0 Å². The summed E-state index contributed by atoms with van der Waals surface area (Å²) in [6, 6.07) is 6.73. The van der Waals surface area contributed by atoms with Gasteiger partial charge in [-0.3, -0.25) is 0 Å². The number of rotatable bonds is 6. The molecule has 0 fully saturated rings. The Hall–Kier alpha value is -1.04. The molecular formula is C23H42. The van der Waals surface area contributed by atoms with Crippen LogP contribution in [0.2, 0.25) is 0 Å². The fraction of sp³-hybridized carbons (Fsp3) is 0.652. The van der Waals surface area contributed by atoms with E-state index >= 15 is 0 Å². The van der Waals surface area contributed by atoms with Gasteiger partial charge in [-0.25, -0.2) is 0 Å². The maximum absolute atomic E-state index is 2.32. The van der Waals surface area contributed by atoms with Crippen molar-refractivity contribution in [2.24, 2.45) is 5.92 Å². The number of hydrogen-bond donors (Lipinski definition) is 0. The minimum Gasteiger partial charge on any atom is -0.0810 e. The molecule has 1 rings (SSSR count). The van der Waals surface area contributed by atoms with Crippen molar-refractivity contribution in [3.05, 3.63) is 41.0 Å². The Labute approximate surface area is 147 Å². The molecule has 0 aliphatic carbocycles. The summed E-state index contributed by atoms with van der Waals surface area (Å²) in [5, 5.41) is 0. The van der Waals surface area contributed by atoms with Crippen LogP contribution >= 0.6 is 0 Å². The van der Waals surface area contributed by atoms with Crippen LogP contribution in [-0.4, -0.2) is 0 Å². The summed E-state index contributed by atoms with van der Waals surface area (Å²) >= 11 is 0. The van der Waals surface area contributed by atoms with Crippen LogP contribution in [0.1, 0.15) is 97.3 Å². The van der Waals surface area contributed by atoms with Gasteiger partial charge in [-0.1, -0.05) is 92.0 Å². The van der Waals surface area contributed by atoms with E-state index in [-0.39, 0.29) is 0 Å². The number of aryl methyl sites for hydroxylation is 2. The Balaban J connectivity index is 0. The first-order valence-electron chi connectivity index (χ1n) is 9.72. The summed E-state index contributed by atoms with van der Waals surface area (Å²) in [4.78, 5) is 0. The molecule has 0 aromatic heterocycles. The van der Waals surface area contributed by atoms with Gasteiger partial charge in [-0.05, 0) is 54.9 Å². The van der Waals surface area contributed by atoms with Gasteiger partial charge in [0.1, 0.15) is 0 Å². The zero-order valence-electron chi connectivity index (χ0n) is 17.4. The first-order valence-corrected chi connectivity index (χ1v) is 9.72. The second-order valence-electron chi connectivity index (χ2n) is 6.33. The van der Waals surface area contributed by atoms with E-state index in [0.29, 0.717) is 0 Å². The molecule has 0 spiro atoms. The second kappa shape index (κ2) is 15.8. The normalized spacial score (nSPS) is 10.6. The third-order valence-electron chi connectivity index (χ3n) is 3.84. The third kappa shape index (κ3) is 12.1. The topological polar surface area (TPSA) is 0 Å². The van der Waals surface area contributed by atoms with Crippen LogP contribution in [0, 0.1) is 19.8 Å². The first kappa shape index (κ1) is 24.2. The lowest BCUT2D eigenvalue weighted by atomic mass is 9.98. The number of hydrogen-bond acceptors (Lipinski definition) is 0. The monoisotopic (exact) mass is 318 g/mol. The van der Waals surface area contributed by atoms with E-state index in [0.717, 1.165) is 18.8 Å². The summed E-state index contributed by atoms with van der Waals surface area (Å²) in [6.45, 7) is 19.5. The van der Waals surface area contributed by atoms with Crippen molar-refractivity contribution < 1.29 is 0 Å². The zero-order valence-corrected chi connectivity index (χ0v) is 17.4. The molecule has 0 N–H and O–H groups in total. The summed E-state index contributed by atoms with van der Waals surface area (Å²) in [6.07, 6.45) is 8.71. The molecule has 0 atom stereocenters. The Morgan fingerprint density at radius 1 is 1.00 bits per heavy atom. The summed E-state index contributed by atoms with van der Waals surface area (Å²) in [5.74, 6) is 0.903. The molecule has 0 nitrogen and oxygen atoms in total. The minimum atomic E-state index is 0.903. The molecule has 0 heterocycles. The summed E-state index contributed by atoms with van der Waals surface area (Å²) in [5.41, 5.74) is 5.62. The van der Waals surface area contributed by atoms with Crippen molar-refractivity contribution in [1.82, 2.24) is 0 Å². The van der Waals surface area contributed by atoms with Gasteiger partial charge in [0.15, 0.2) is 0 Å². The van der Waals surface area contributed by atoms with Crippen LogP contribution in [0.15, 0.2) is 24.3 Å². The predicted octanol–water partition coefficient (Wildman–Crippen LogP) is 8.37. The molecule has 1 aromatic rings. The quantitative estimate of drug-likeness (QED) is 0.494. The number of unbranched alkanes of at least 4 members (excludes halogenated alkanes) is 1. The van der Waals surface area contributed by atoms with Crippen molar-refractivity contribution in [2.45, 2.75) is 94.4 Å². The molecule has 0 heteroatoms. The lowest BCUT2D eigenvalue weighted by Crippen LogP contribution is -1.87. The van der Waals surface area contributed by atoms with E-state index in [9.17, 15) is 0 Å². The Bertz CT molecular complexity index is 410. The summed E-state index contributed by atoms with van der Waals surface area (Å²) in [7, 11) is 0. The molecule has 134 valence electrons. The van der Waals surface area contributed by atoms with Crippen LogP contribution in [-0.2, 0) is 0 Å². The van der Waals surface area contributed by atoms with Crippen LogP contribution in [0.25, 0.3) is 5.57 Å². The van der Waals surface area contributed by atoms with E-state index < -0.39 is 0 Å². The highest BCUT2D eigenvalue weighted by Gasteiger charge is 2.00. The molecule has 23 heavy (non-hydrogen) atoms. The van der Waals surface area contributed by atoms with Gasteiger partial charge >= 0.3 is 0 Å². The largest absolute Gasteiger partial charge is 0.0810 e. The minimum absolute atomic E-state index is 0.903. The van der Waals surface area contributed by atoms with E-state index in [2.05, 4.69) is 72.7 Å². The average molecular weight is 319 g/mol. The number of benzene rings is 1. The average Bonchev–Trinajstić information content (AvgIpc) is 2.55. The SMILES string of the molecule is CC.CC/C=C(\CC)c1ccc(C)c(C)c1.CCCCC(C)C. The van der Waals surface area contributed by atoms with Crippen molar-refractivity contribution in [2.75, 3.05) is 0 Å². The highest BCUT2D eigenvalue weighted by molar-refractivity contribution is 5.66. The molecule has 1 aromatic carbocycles. The first-order chi connectivity index (χ1) is 11.0. The molecule has 0 unspecified atom stereocenters. The van der Waals surface area contributed by atoms with E-state index in [1.807, 2.05) is 13.8 Å². The van der Waals surface area contributed by atoms with Gasteiger partial charge in [-0.15, -0.1) is 0 Å². The van der Waals surface area contributed by atoms with Crippen LogP contribution in [0.4, 0.5) is 0 Å². The van der Waals surface area contributed by atoms with Crippen LogP contribution < -0.4 is 0 Å². The fourth-order valence-corrected chi connectivity index (χ4v) is 2.27. The van der Waals surface area contributed by atoms with Crippen LogP contribution in [0.5, 0.6) is 0 Å². The van der Waals surface area contributed by atoms with Crippen LogP contribution in [0.3, 0.4) is 0 Å². The highest BCUT2D eigenvalue weighted by atomic mass is 14.1. The maximum atomic E-state index is 2.32. The molecule has 0 aliphatic rings. The zero-order chi connectivity index (χ0) is 18.3. The van der Waals surface area contributed by atoms with Crippen molar-refractivity contribution in [3.8, 4) is 0 Å². The lowest BCUT2D eigenvalue weighted by molar-refractivity contribution is 0.550. The Kier molecular flexibility index (Phi) is 16.7. The van der Waals surface area contributed by atoms with E-state index in [1.54, 1.807) is 0 Å². The molecule has 0 saturated carbocycles. The van der Waals surface area contributed by atoms with E-state index in [1.165, 1.54) is 41.5 Å². The third-order valence-corrected chi connectivity index (χ3v) is 3.84. The van der Waals surface area contributed by atoms with Gasteiger partial charge in [0.25, 0.3) is 0 Å². The fourth-order valence-electron chi connectivity index (χ4n) is 2.27. The molecule has 0 saturated heterocycles. The summed E-state index contributed by atoms with van der Waals surface area (Å²) < 4.78 is 0. The van der Waals surface area contributed by atoms with Crippen molar-refractivity contribution in [1.29, 1.82) is 0 Å². The standard InChI is InChI=1S/C14H20.C7H16.C2H6/c1-5-7-13(6-2)14-9-8-11(3)12(4)10-14;1-4-5-6-7(2)3;1-2/h7-10H,5-6H2,1-4H3;7H,4-6H2,1-3H3;1-2H3/b13-7+;;. The Morgan fingerprint density at radius 3 is 1.96 bits per heavy atom. The van der Waals surface area contributed by atoms with Gasteiger partial charge in [0.2, 0.25) is 0 Å². The van der Waals surface area contributed by atoms with Gasteiger partial charge < -0.3 is 0 Å². The molecule has 0 bridgehead atoms. The molecular weight excluding hydrogens is 276 g/mol. The maximum Gasteiger partial charge on any atom is -0.0225 e. The van der Waals surface area contributed by atoms with Gasteiger partial charge in [0, 0.05) is 0 Å². The van der Waals surface area contributed by atoms with Crippen molar-refractivity contribution >= 4 is 5.57 Å².